The summed E-state index contributed by atoms with van der Waals surface area (Å²) in [5, 5.41) is 0. The molecule has 4 nitrogen and oxygen atoms in total. The Labute approximate surface area is 67.2 Å². The molecule has 1 aliphatic heterocycles. The summed E-state index contributed by atoms with van der Waals surface area (Å²) in [7, 11) is -0.423. The minimum atomic E-state index is -0.423. The minimum Gasteiger partial charge on any atom is -0.386 e. The second kappa shape index (κ2) is 5.54. The van der Waals surface area contributed by atoms with E-state index in [9.17, 15) is 0 Å². The monoisotopic (exact) mass is 159 g/mol. The van der Waals surface area contributed by atoms with Gasteiger partial charge in [0.25, 0.3) is 0 Å². The summed E-state index contributed by atoms with van der Waals surface area (Å²) >= 11 is 0. The van der Waals surface area contributed by atoms with Crippen molar-refractivity contribution in [1.82, 2.24) is 0 Å². The van der Waals surface area contributed by atoms with Crippen molar-refractivity contribution in [3.63, 3.8) is 0 Å². The van der Waals surface area contributed by atoms with E-state index >= 15 is 0 Å². The van der Waals surface area contributed by atoms with E-state index in [2.05, 4.69) is 0 Å². The Kier molecular flexibility index (Phi) is 4.53. The van der Waals surface area contributed by atoms with E-state index in [0.717, 1.165) is 19.4 Å². The van der Waals surface area contributed by atoms with Gasteiger partial charge in [-0.2, -0.15) is 0 Å². The predicted octanol–water partition coefficient (Wildman–Crippen LogP) is -0.226. The van der Waals surface area contributed by atoms with Crippen molar-refractivity contribution < 1.29 is 14.0 Å². The lowest BCUT2D eigenvalue weighted by Crippen LogP contribution is -2.20. The van der Waals surface area contributed by atoms with Crippen molar-refractivity contribution in [3.05, 3.63) is 0 Å². The summed E-state index contributed by atoms with van der Waals surface area (Å²) < 4.78 is 15.3. The molecule has 0 unspecified atom stereocenters. The Morgan fingerprint density at radius 1 is 1.27 bits per heavy atom. The molecule has 0 aromatic carbocycles. The van der Waals surface area contributed by atoms with Crippen molar-refractivity contribution in [2.75, 3.05) is 26.4 Å². The van der Waals surface area contributed by atoms with Crippen molar-refractivity contribution in [2.45, 2.75) is 12.8 Å². The third kappa shape index (κ3) is 3.72. The number of hydrogen-bond acceptors (Lipinski definition) is 4. The molecule has 1 saturated heterocycles. The van der Waals surface area contributed by atoms with E-state index in [1.807, 2.05) is 0 Å². The van der Waals surface area contributed by atoms with Gasteiger partial charge in [-0.05, 0) is 19.4 Å². The summed E-state index contributed by atoms with van der Waals surface area (Å²) in [5.74, 6) is 0. The Hall–Kier alpha value is -0.0951. The second-order valence-corrected chi connectivity index (χ2v) is 2.40. The van der Waals surface area contributed by atoms with Crippen LogP contribution in [-0.2, 0) is 14.0 Å². The molecule has 0 saturated carbocycles. The fraction of sp³-hybridized carbons (Fsp3) is 1.00. The molecule has 0 aromatic rings. The molecule has 1 fully saturated rings. The van der Waals surface area contributed by atoms with Gasteiger partial charge in [-0.25, -0.2) is 0 Å². The maximum atomic E-state index is 5.30. The molecule has 11 heavy (non-hydrogen) atoms. The maximum absolute atomic E-state index is 5.30. The molecule has 0 aromatic heterocycles. The zero-order valence-corrected chi connectivity index (χ0v) is 6.62. The van der Waals surface area contributed by atoms with Crippen LogP contribution in [-0.4, -0.2) is 33.7 Å². The lowest BCUT2D eigenvalue weighted by molar-refractivity contribution is 0.176. The molecule has 5 heteroatoms. The van der Waals surface area contributed by atoms with E-state index < -0.39 is 7.32 Å². The van der Waals surface area contributed by atoms with Gasteiger partial charge in [0.05, 0.1) is 13.2 Å². The van der Waals surface area contributed by atoms with Crippen LogP contribution in [0.15, 0.2) is 0 Å². The zero-order valence-electron chi connectivity index (χ0n) is 6.62. The molecule has 0 atom stereocenters. The lowest BCUT2D eigenvalue weighted by atomic mass is 10.2. The molecule has 1 aliphatic rings. The summed E-state index contributed by atoms with van der Waals surface area (Å²) in [6, 6.07) is 0. The third-order valence-electron chi connectivity index (χ3n) is 1.44. The van der Waals surface area contributed by atoms with Crippen molar-refractivity contribution >= 4 is 7.32 Å². The van der Waals surface area contributed by atoms with Crippen molar-refractivity contribution in [2.24, 2.45) is 5.73 Å². The van der Waals surface area contributed by atoms with E-state index in [-0.39, 0.29) is 0 Å². The predicted molar refractivity (Wildman–Crippen MR) is 41.9 cm³/mol. The summed E-state index contributed by atoms with van der Waals surface area (Å²) in [6.45, 7) is 2.67. The SMILES string of the molecule is NCCCCOB1OCCO1. The standard InChI is InChI=1S/C6H14BNO3/c8-3-1-2-4-9-7-10-5-6-11-7/h1-6,8H2. The molecule has 2 N–H and O–H groups in total. The first-order valence-electron chi connectivity index (χ1n) is 3.98. The lowest BCUT2D eigenvalue weighted by Gasteiger charge is -2.03. The van der Waals surface area contributed by atoms with Crippen LogP contribution in [0, 0.1) is 0 Å². The Morgan fingerprint density at radius 3 is 2.64 bits per heavy atom. The van der Waals surface area contributed by atoms with Gasteiger partial charge in [0.2, 0.25) is 0 Å². The highest BCUT2D eigenvalue weighted by atomic mass is 16.8. The molecule has 0 bridgehead atoms. The van der Waals surface area contributed by atoms with E-state index in [1.54, 1.807) is 0 Å². The highest BCUT2D eigenvalue weighted by molar-refractivity contribution is 6.36. The van der Waals surface area contributed by atoms with Gasteiger partial charge in [-0.3, -0.25) is 0 Å². The smallest absolute Gasteiger partial charge is 0.386 e. The number of unbranched alkanes of at least 4 members (excludes halogenated alkanes) is 1. The Morgan fingerprint density at radius 2 is 2.00 bits per heavy atom. The van der Waals surface area contributed by atoms with Crippen LogP contribution in [0.2, 0.25) is 0 Å². The Balaban J connectivity index is 1.86. The highest BCUT2D eigenvalue weighted by Gasteiger charge is 2.25. The fourth-order valence-electron chi connectivity index (χ4n) is 0.859. The van der Waals surface area contributed by atoms with Crippen molar-refractivity contribution in [3.8, 4) is 0 Å². The van der Waals surface area contributed by atoms with E-state index in [1.165, 1.54) is 0 Å². The van der Waals surface area contributed by atoms with Crippen LogP contribution >= 0.6 is 0 Å². The van der Waals surface area contributed by atoms with Crippen LogP contribution in [0.3, 0.4) is 0 Å². The molecule has 0 spiro atoms. The van der Waals surface area contributed by atoms with Gasteiger partial charge >= 0.3 is 7.32 Å². The molecule has 0 aliphatic carbocycles. The largest absolute Gasteiger partial charge is 0.639 e. The zero-order chi connectivity index (χ0) is 7.94. The summed E-state index contributed by atoms with van der Waals surface area (Å²) in [6.07, 6.45) is 1.96. The average Bonchev–Trinajstić information content (AvgIpc) is 2.50. The normalized spacial score (nSPS) is 17.7. The molecule has 1 rings (SSSR count). The van der Waals surface area contributed by atoms with Gasteiger partial charge in [0.1, 0.15) is 0 Å². The molecule has 0 radical (unpaired) electrons. The maximum Gasteiger partial charge on any atom is 0.639 e. The van der Waals surface area contributed by atoms with Gasteiger partial charge in [-0.1, -0.05) is 0 Å². The number of nitrogens with two attached hydrogens (primary N) is 1. The second-order valence-electron chi connectivity index (χ2n) is 2.40. The minimum absolute atomic E-state index is 0.423. The molecular weight excluding hydrogens is 145 g/mol. The van der Waals surface area contributed by atoms with Gasteiger partial charge in [0, 0.05) is 6.61 Å². The quantitative estimate of drug-likeness (QED) is 0.444. The van der Waals surface area contributed by atoms with Gasteiger partial charge in [0.15, 0.2) is 0 Å². The van der Waals surface area contributed by atoms with Crippen LogP contribution in [0.1, 0.15) is 12.8 Å². The first kappa shape index (κ1) is 9.00. The first-order chi connectivity index (χ1) is 5.43. The Bertz CT molecular complexity index is 97.8. The number of hydrogen-bond donors (Lipinski definition) is 1. The van der Waals surface area contributed by atoms with Gasteiger partial charge in [-0.15, -0.1) is 0 Å². The van der Waals surface area contributed by atoms with Crippen LogP contribution in [0.4, 0.5) is 0 Å². The summed E-state index contributed by atoms with van der Waals surface area (Å²) in [5.41, 5.74) is 5.30. The van der Waals surface area contributed by atoms with Crippen LogP contribution in [0.5, 0.6) is 0 Å². The topological polar surface area (TPSA) is 53.7 Å². The van der Waals surface area contributed by atoms with Crippen LogP contribution < -0.4 is 5.73 Å². The van der Waals surface area contributed by atoms with Crippen molar-refractivity contribution in [1.29, 1.82) is 0 Å². The third-order valence-corrected chi connectivity index (χ3v) is 1.44. The van der Waals surface area contributed by atoms with E-state index in [4.69, 9.17) is 19.7 Å². The highest BCUT2D eigenvalue weighted by Crippen LogP contribution is 2.01. The first-order valence-corrected chi connectivity index (χ1v) is 3.98. The number of rotatable bonds is 5. The molecule has 64 valence electrons. The van der Waals surface area contributed by atoms with Gasteiger partial charge < -0.3 is 19.7 Å². The summed E-state index contributed by atoms with van der Waals surface area (Å²) in [4.78, 5) is 0. The molecular formula is C6H14BNO3. The molecule has 1 heterocycles. The molecule has 0 amide bonds. The average molecular weight is 159 g/mol. The van der Waals surface area contributed by atoms with Crippen LogP contribution in [0.25, 0.3) is 0 Å². The van der Waals surface area contributed by atoms with E-state index in [0.29, 0.717) is 19.8 Å². The fourth-order valence-corrected chi connectivity index (χ4v) is 0.859.